The first-order valence-corrected chi connectivity index (χ1v) is 10.8. The highest BCUT2D eigenvalue weighted by Crippen LogP contribution is 2.30. The molecule has 0 spiro atoms. The molecule has 34 heavy (non-hydrogen) atoms. The zero-order valence-electron chi connectivity index (χ0n) is 17.7. The Morgan fingerprint density at radius 3 is 2.35 bits per heavy atom. The average Bonchev–Trinajstić information content (AvgIpc) is 3.11. The predicted molar refractivity (Wildman–Crippen MR) is 128 cm³/mol. The van der Waals surface area contributed by atoms with Gasteiger partial charge in [0, 0.05) is 10.6 Å². The third kappa shape index (κ3) is 3.74. The van der Waals surface area contributed by atoms with E-state index in [2.05, 4.69) is 0 Å². The van der Waals surface area contributed by atoms with Crippen molar-refractivity contribution in [3.63, 3.8) is 0 Å². The van der Waals surface area contributed by atoms with Crippen LogP contribution in [0.3, 0.4) is 0 Å². The Morgan fingerprint density at radius 2 is 1.53 bits per heavy atom. The number of carbonyl (C=O) groups excluding carboxylic acids is 4. The number of hydrogen-bond donors (Lipinski definition) is 0. The predicted octanol–water partition coefficient (Wildman–Crippen LogP) is 5.33. The number of Topliss-reactive ketones (excluding diaryl/α,β-unsaturated/α-hetero) is 1. The van der Waals surface area contributed by atoms with Crippen LogP contribution in [0.4, 0.5) is 5.69 Å². The standard InChI is InChI=1S/C27H16ClNO5/c28-18-7-4-8-19(14-18)29-25(31)22-12-11-17(13-23(22)26(29)32)27(33)34-15-24(30)21-10-3-6-16-5-1-2-9-20(16)21/h1-14H,15H2. The lowest BCUT2D eigenvalue weighted by Crippen LogP contribution is -2.29. The normalized spacial score (nSPS) is 12.7. The molecular weight excluding hydrogens is 454 g/mol. The Kier molecular flexibility index (Phi) is 5.43. The number of imide groups is 1. The first-order chi connectivity index (χ1) is 16.4. The lowest BCUT2D eigenvalue weighted by Gasteiger charge is -2.13. The molecule has 0 radical (unpaired) electrons. The van der Waals surface area contributed by atoms with E-state index in [9.17, 15) is 19.2 Å². The number of fused-ring (bicyclic) bond motifs is 2. The fourth-order valence-corrected chi connectivity index (χ4v) is 4.16. The van der Waals surface area contributed by atoms with Crippen molar-refractivity contribution in [3.8, 4) is 0 Å². The zero-order chi connectivity index (χ0) is 23.8. The van der Waals surface area contributed by atoms with E-state index in [-0.39, 0.29) is 22.5 Å². The van der Waals surface area contributed by atoms with Gasteiger partial charge in [0.1, 0.15) is 0 Å². The van der Waals surface area contributed by atoms with Crippen LogP contribution in [-0.2, 0) is 4.74 Å². The maximum Gasteiger partial charge on any atom is 0.338 e. The molecule has 4 aromatic carbocycles. The molecule has 0 aliphatic carbocycles. The van der Waals surface area contributed by atoms with Crippen LogP contribution in [0.25, 0.3) is 10.8 Å². The molecule has 0 aromatic heterocycles. The number of ether oxygens (including phenoxy) is 1. The zero-order valence-corrected chi connectivity index (χ0v) is 18.4. The van der Waals surface area contributed by atoms with Crippen LogP contribution in [0.5, 0.6) is 0 Å². The van der Waals surface area contributed by atoms with Crippen molar-refractivity contribution < 1.29 is 23.9 Å². The van der Waals surface area contributed by atoms with Crippen LogP contribution in [-0.4, -0.2) is 30.2 Å². The Bertz CT molecular complexity index is 1500. The van der Waals surface area contributed by atoms with E-state index in [4.69, 9.17) is 16.3 Å². The van der Waals surface area contributed by atoms with Crippen molar-refractivity contribution in [1.29, 1.82) is 0 Å². The third-order valence-electron chi connectivity index (χ3n) is 5.61. The smallest absolute Gasteiger partial charge is 0.338 e. The van der Waals surface area contributed by atoms with Gasteiger partial charge >= 0.3 is 5.97 Å². The number of carbonyl (C=O) groups is 4. The number of benzene rings is 4. The topological polar surface area (TPSA) is 80.8 Å². The van der Waals surface area contributed by atoms with E-state index < -0.39 is 24.4 Å². The fourth-order valence-electron chi connectivity index (χ4n) is 3.98. The van der Waals surface area contributed by atoms with Gasteiger partial charge in [0.25, 0.3) is 11.8 Å². The fraction of sp³-hybridized carbons (Fsp3) is 0.0370. The van der Waals surface area contributed by atoms with E-state index >= 15 is 0 Å². The van der Waals surface area contributed by atoms with Gasteiger partial charge in [0.2, 0.25) is 5.78 Å². The molecule has 166 valence electrons. The Hall–Kier alpha value is -4.29. The number of rotatable bonds is 5. The van der Waals surface area contributed by atoms with Gasteiger partial charge in [-0.05, 0) is 47.2 Å². The van der Waals surface area contributed by atoms with Crippen LogP contribution < -0.4 is 4.90 Å². The van der Waals surface area contributed by atoms with Gasteiger partial charge in [-0.3, -0.25) is 14.4 Å². The molecule has 1 heterocycles. The number of hydrogen-bond acceptors (Lipinski definition) is 5. The van der Waals surface area contributed by atoms with Crippen LogP contribution in [0.2, 0.25) is 5.02 Å². The van der Waals surface area contributed by atoms with E-state index in [1.54, 1.807) is 30.3 Å². The first kappa shape index (κ1) is 21.6. The maximum atomic E-state index is 12.9. The van der Waals surface area contributed by atoms with E-state index in [1.165, 1.54) is 24.3 Å². The Morgan fingerprint density at radius 1 is 0.794 bits per heavy atom. The summed E-state index contributed by atoms with van der Waals surface area (Å²) in [6, 6.07) is 23.3. The first-order valence-electron chi connectivity index (χ1n) is 10.4. The molecule has 0 bridgehead atoms. The number of amides is 2. The molecule has 7 heteroatoms. The minimum absolute atomic E-state index is 0.0681. The second kappa shape index (κ2) is 8.57. The monoisotopic (exact) mass is 469 g/mol. The maximum absolute atomic E-state index is 12.9. The molecule has 2 amide bonds. The number of halogens is 1. The summed E-state index contributed by atoms with van der Waals surface area (Å²) >= 11 is 6.00. The molecule has 6 nitrogen and oxygen atoms in total. The minimum atomic E-state index is -0.766. The molecular formula is C27H16ClNO5. The second-order valence-electron chi connectivity index (χ2n) is 7.71. The summed E-state index contributed by atoms with van der Waals surface area (Å²) in [6.45, 7) is -0.453. The van der Waals surface area contributed by atoms with Crippen molar-refractivity contribution in [2.75, 3.05) is 11.5 Å². The Balaban J connectivity index is 1.34. The molecule has 4 aromatic rings. The average molecular weight is 470 g/mol. The van der Waals surface area contributed by atoms with E-state index in [0.717, 1.165) is 15.7 Å². The number of anilines is 1. The summed E-state index contributed by atoms with van der Waals surface area (Å²) in [5.41, 5.74) is 1.12. The Labute approximate surface area is 199 Å². The van der Waals surface area contributed by atoms with Crippen molar-refractivity contribution in [2.45, 2.75) is 0 Å². The molecule has 0 atom stereocenters. The van der Waals surface area contributed by atoms with Crippen molar-refractivity contribution >= 4 is 51.6 Å². The molecule has 0 unspecified atom stereocenters. The van der Waals surface area contributed by atoms with Crippen molar-refractivity contribution in [2.24, 2.45) is 0 Å². The van der Waals surface area contributed by atoms with Gasteiger partial charge in [0.15, 0.2) is 6.61 Å². The summed E-state index contributed by atoms with van der Waals surface area (Å²) in [5.74, 6) is -2.18. The van der Waals surface area contributed by atoms with Gasteiger partial charge < -0.3 is 4.74 Å². The quantitative estimate of drug-likeness (QED) is 0.224. The molecule has 1 aliphatic heterocycles. The number of esters is 1. The molecule has 0 saturated carbocycles. The highest BCUT2D eigenvalue weighted by atomic mass is 35.5. The highest BCUT2D eigenvalue weighted by Gasteiger charge is 2.37. The summed E-state index contributed by atoms with van der Waals surface area (Å²) < 4.78 is 5.23. The van der Waals surface area contributed by atoms with Gasteiger partial charge in [0.05, 0.1) is 22.4 Å². The molecule has 0 saturated heterocycles. The van der Waals surface area contributed by atoms with Crippen LogP contribution >= 0.6 is 11.6 Å². The van der Waals surface area contributed by atoms with Crippen molar-refractivity contribution in [3.05, 3.63) is 112 Å². The minimum Gasteiger partial charge on any atom is -0.454 e. The summed E-state index contributed by atoms with van der Waals surface area (Å²) in [6.07, 6.45) is 0. The van der Waals surface area contributed by atoms with Gasteiger partial charge in [-0.2, -0.15) is 0 Å². The van der Waals surface area contributed by atoms with Crippen LogP contribution in [0, 0.1) is 0 Å². The summed E-state index contributed by atoms with van der Waals surface area (Å²) in [5, 5.41) is 2.06. The molecule has 0 fully saturated rings. The van der Waals surface area contributed by atoms with Crippen LogP contribution in [0.1, 0.15) is 41.4 Å². The summed E-state index contributed by atoms with van der Waals surface area (Å²) in [7, 11) is 0. The number of nitrogens with zero attached hydrogens (tertiary/aromatic N) is 1. The molecule has 0 N–H and O–H groups in total. The van der Waals surface area contributed by atoms with Gasteiger partial charge in [-0.15, -0.1) is 0 Å². The molecule has 5 rings (SSSR count). The van der Waals surface area contributed by atoms with Gasteiger partial charge in [-0.1, -0.05) is 60.1 Å². The third-order valence-corrected chi connectivity index (χ3v) is 5.85. The van der Waals surface area contributed by atoms with Crippen molar-refractivity contribution in [1.82, 2.24) is 0 Å². The molecule has 1 aliphatic rings. The lowest BCUT2D eigenvalue weighted by molar-refractivity contribution is 0.0475. The highest BCUT2D eigenvalue weighted by molar-refractivity contribution is 6.35. The van der Waals surface area contributed by atoms with Gasteiger partial charge in [-0.25, -0.2) is 9.69 Å². The lowest BCUT2D eigenvalue weighted by atomic mass is 10.0. The van der Waals surface area contributed by atoms with Crippen LogP contribution in [0.15, 0.2) is 84.9 Å². The number of ketones is 1. The van der Waals surface area contributed by atoms with E-state index in [0.29, 0.717) is 16.3 Å². The van der Waals surface area contributed by atoms with E-state index in [1.807, 2.05) is 30.3 Å². The second-order valence-corrected chi connectivity index (χ2v) is 8.15. The summed E-state index contributed by atoms with van der Waals surface area (Å²) in [4.78, 5) is 52.1. The SMILES string of the molecule is O=C(OCC(=O)c1cccc2ccccc12)c1ccc2c(c1)C(=O)N(c1cccc(Cl)c1)C2=O. The largest absolute Gasteiger partial charge is 0.454 e.